The van der Waals surface area contributed by atoms with Crippen LogP contribution < -0.4 is 5.32 Å². The molecule has 0 aliphatic rings. The lowest BCUT2D eigenvalue weighted by Crippen LogP contribution is -2.32. The van der Waals surface area contributed by atoms with Crippen LogP contribution in [-0.4, -0.2) is 47.3 Å². The number of aliphatic hydroxyl groups excluding tert-OH is 1. The molecular formula is C17H22N2O4. The number of amides is 2. The van der Waals surface area contributed by atoms with Crippen LogP contribution in [0.25, 0.3) is 0 Å². The summed E-state index contributed by atoms with van der Waals surface area (Å²) in [5.74, 6) is -0.761. The van der Waals surface area contributed by atoms with Gasteiger partial charge in [0.15, 0.2) is 5.78 Å². The van der Waals surface area contributed by atoms with Gasteiger partial charge in [0, 0.05) is 36.0 Å². The van der Waals surface area contributed by atoms with Crippen LogP contribution in [0.15, 0.2) is 35.9 Å². The Bertz CT molecular complexity index is 606. The quantitative estimate of drug-likeness (QED) is 0.591. The van der Waals surface area contributed by atoms with E-state index in [4.69, 9.17) is 5.11 Å². The van der Waals surface area contributed by atoms with Crippen LogP contribution in [0.2, 0.25) is 0 Å². The van der Waals surface area contributed by atoms with Crippen LogP contribution in [0, 0.1) is 0 Å². The van der Waals surface area contributed by atoms with Crippen molar-refractivity contribution in [3.05, 3.63) is 41.5 Å². The Kier molecular flexibility index (Phi) is 7.15. The summed E-state index contributed by atoms with van der Waals surface area (Å²) in [5.41, 5.74) is 1.37. The van der Waals surface area contributed by atoms with Crippen molar-refractivity contribution in [3.63, 3.8) is 0 Å². The SMILES string of the molecule is CCN(CCO)C(=O)/C=C(/C)C(=O)Nc1ccc(C(C)=O)cc1. The lowest BCUT2D eigenvalue weighted by atomic mass is 10.1. The van der Waals surface area contributed by atoms with Gasteiger partial charge < -0.3 is 15.3 Å². The summed E-state index contributed by atoms with van der Waals surface area (Å²) >= 11 is 0. The topological polar surface area (TPSA) is 86.7 Å². The van der Waals surface area contributed by atoms with Gasteiger partial charge in [-0.2, -0.15) is 0 Å². The van der Waals surface area contributed by atoms with Gasteiger partial charge in [-0.1, -0.05) is 0 Å². The second-order valence-corrected chi connectivity index (χ2v) is 5.06. The standard InChI is InChI=1S/C17H22N2O4/c1-4-19(9-10-20)16(22)11-12(2)17(23)18-15-7-5-14(6-8-15)13(3)21/h5-8,11,20H,4,9-10H2,1-3H3,(H,18,23)/b12-11-. The van der Waals surface area contributed by atoms with Crippen molar-refractivity contribution in [1.82, 2.24) is 4.90 Å². The minimum Gasteiger partial charge on any atom is -0.395 e. The number of ketones is 1. The van der Waals surface area contributed by atoms with E-state index in [1.54, 1.807) is 38.1 Å². The smallest absolute Gasteiger partial charge is 0.251 e. The maximum atomic E-state index is 12.1. The third kappa shape index (κ3) is 5.67. The van der Waals surface area contributed by atoms with Gasteiger partial charge in [0.2, 0.25) is 5.91 Å². The lowest BCUT2D eigenvalue weighted by Gasteiger charge is -2.17. The number of aliphatic hydroxyl groups is 1. The molecule has 0 saturated heterocycles. The first-order chi connectivity index (χ1) is 10.9. The highest BCUT2D eigenvalue weighted by atomic mass is 16.3. The van der Waals surface area contributed by atoms with Crippen LogP contribution in [0.3, 0.4) is 0 Å². The minimum absolute atomic E-state index is 0.0481. The molecule has 6 heteroatoms. The maximum absolute atomic E-state index is 12.1. The minimum atomic E-state index is -0.394. The molecule has 1 aromatic rings. The fourth-order valence-electron chi connectivity index (χ4n) is 1.90. The number of carbonyl (C=O) groups is 3. The summed E-state index contributed by atoms with van der Waals surface area (Å²) in [6.45, 7) is 5.38. The zero-order valence-corrected chi connectivity index (χ0v) is 13.6. The van der Waals surface area contributed by atoms with Crippen molar-refractivity contribution in [2.75, 3.05) is 25.0 Å². The van der Waals surface area contributed by atoms with E-state index in [9.17, 15) is 14.4 Å². The first kappa shape index (κ1) is 18.6. The maximum Gasteiger partial charge on any atom is 0.251 e. The molecule has 0 heterocycles. The Balaban J connectivity index is 2.74. The predicted octanol–water partition coefficient (Wildman–Crippen LogP) is 1.61. The zero-order chi connectivity index (χ0) is 17.4. The van der Waals surface area contributed by atoms with E-state index < -0.39 is 5.91 Å². The molecule has 6 nitrogen and oxygen atoms in total. The van der Waals surface area contributed by atoms with E-state index in [1.165, 1.54) is 17.9 Å². The average Bonchev–Trinajstić information content (AvgIpc) is 2.52. The number of nitrogens with one attached hydrogen (secondary N) is 1. The molecule has 0 bridgehead atoms. The molecule has 0 radical (unpaired) electrons. The lowest BCUT2D eigenvalue weighted by molar-refractivity contribution is -0.126. The molecular weight excluding hydrogens is 296 g/mol. The van der Waals surface area contributed by atoms with Gasteiger partial charge in [0.25, 0.3) is 5.91 Å². The molecule has 0 aliphatic carbocycles. The summed E-state index contributed by atoms with van der Waals surface area (Å²) in [5, 5.41) is 11.6. The molecule has 0 atom stereocenters. The Morgan fingerprint density at radius 3 is 2.26 bits per heavy atom. The molecule has 0 aromatic heterocycles. The van der Waals surface area contributed by atoms with Crippen molar-refractivity contribution in [2.24, 2.45) is 0 Å². The van der Waals surface area contributed by atoms with Crippen molar-refractivity contribution in [3.8, 4) is 0 Å². The molecule has 0 aliphatic heterocycles. The van der Waals surface area contributed by atoms with E-state index in [0.717, 1.165) is 0 Å². The number of Topliss-reactive ketones (excluding diaryl/α,β-unsaturated/α-hetero) is 1. The fourth-order valence-corrected chi connectivity index (χ4v) is 1.90. The van der Waals surface area contributed by atoms with Crippen LogP contribution in [0.1, 0.15) is 31.1 Å². The number of hydrogen-bond acceptors (Lipinski definition) is 4. The Labute approximate surface area is 135 Å². The second kappa shape index (κ2) is 8.85. The molecule has 23 heavy (non-hydrogen) atoms. The number of benzene rings is 1. The Hall–Kier alpha value is -2.47. The van der Waals surface area contributed by atoms with Gasteiger partial charge in [-0.05, 0) is 45.0 Å². The Morgan fingerprint density at radius 2 is 1.78 bits per heavy atom. The van der Waals surface area contributed by atoms with Gasteiger partial charge in [0.05, 0.1) is 6.61 Å². The number of likely N-dealkylation sites (N-methyl/N-ethyl adjacent to an activating group) is 1. The normalized spacial score (nSPS) is 11.0. The van der Waals surface area contributed by atoms with Gasteiger partial charge in [-0.15, -0.1) is 0 Å². The second-order valence-electron chi connectivity index (χ2n) is 5.06. The van der Waals surface area contributed by atoms with Crippen molar-refractivity contribution in [1.29, 1.82) is 0 Å². The van der Waals surface area contributed by atoms with Gasteiger partial charge in [0.1, 0.15) is 0 Å². The summed E-state index contributed by atoms with van der Waals surface area (Å²) in [6, 6.07) is 6.52. The summed E-state index contributed by atoms with van der Waals surface area (Å²) in [6.07, 6.45) is 1.25. The summed E-state index contributed by atoms with van der Waals surface area (Å²) in [4.78, 5) is 36.7. The van der Waals surface area contributed by atoms with Gasteiger partial charge >= 0.3 is 0 Å². The van der Waals surface area contributed by atoms with Crippen LogP contribution in [0.5, 0.6) is 0 Å². The summed E-state index contributed by atoms with van der Waals surface area (Å²) < 4.78 is 0. The molecule has 1 rings (SSSR count). The van der Waals surface area contributed by atoms with Crippen molar-refractivity contribution < 1.29 is 19.5 Å². The predicted molar refractivity (Wildman–Crippen MR) is 88.2 cm³/mol. The molecule has 2 N–H and O–H groups in total. The largest absolute Gasteiger partial charge is 0.395 e. The third-order valence-corrected chi connectivity index (χ3v) is 3.31. The first-order valence-electron chi connectivity index (χ1n) is 7.39. The monoisotopic (exact) mass is 318 g/mol. The molecule has 0 unspecified atom stereocenters. The first-order valence-corrected chi connectivity index (χ1v) is 7.39. The zero-order valence-electron chi connectivity index (χ0n) is 13.6. The molecule has 1 aromatic carbocycles. The Morgan fingerprint density at radius 1 is 1.17 bits per heavy atom. The number of rotatable bonds is 7. The van der Waals surface area contributed by atoms with Gasteiger partial charge in [-0.3, -0.25) is 14.4 Å². The van der Waals surface area contributed by atoms with Crippen LogP contribution in [-0.2, 0) is 9.59 Å². The highest BCUT2D eigenvalue weighted by Crippen LogP contribution is 2.11. The summed E-state index contributed by atoms with van der Waals surface area (Å²) in [7, 11) is 0. The van der Waals surface area contributed by atoms with Crippen molar-refractivity contribution >= 4 is 23.3 Å². The number of hydrogen-bond donors (Lipinski definition) is 2. The highest BCUT2D eigenvalue weighted by molar-refractivity contribution is 6.07. The number of nitrogens with zero attached hydrogens (tertiary/aromatic N) is 1. The van der Waals surface area contributed by atoms with Crippen LogP contribution in [0.4, 0.5) is 5.69 Å². The fraction of sp³-hybridized carbons (Fsp3) is 0.353. The van der Waals surface area contributed by atoms with E-state index in [0.29, 0.717) is 17.8 Å². The van der Waals surface area contributed by atoms with E-state index in [2.05, 4.69) is 5.32 Å². The van der Waals surface area contributed by atoms with Crippen molar-refractivity contribution in [2.45, 2.75) is 20.8 Å². The molecule has 0 spiro atoms. The van der Waals surface area contributed by atoms with E-state index in [-0.39, 0.29) is 30.4 Å². The number of carbonyl (C=O) groups excluding carboxylic acids is 3. The molecule has 0 fully saturated rings. The molecule has 0 saturated carbocycles. The molecule has 124 valence electrons. The van der Waals surface area contributed by atoms with E-state index in [1.807, 2.05) is 0 Å². The average molecular weight is 318 g/mol. The third-order valence-electron chi connectivity index (χ3n) is 3.31. The van der Waals surface area contributed by atoms with Crippen LogP contribution >= 0.6 is 0 Å². The number of anilines is 1. The molecule has 2 amide bonds. The van der Waals surface area contributed by atoms with Gasteiger partial charge in [-0.25, -0.2) is 0 Å². The van der Waals surface area contributed by atoms with E-state index >= 15 is 0 Å². The highest BCUT2D eigenvalue weighted by Gasteiger charge is 2.12.